The van der Waals surface area contributed by atoms with Crippen LogP contribution in [-0.4, -0.2) is 24.0 Å². The fourth-order valence-electron chi connectivity index (χ4n) is 2.29. The van der Waals surface area contributed by atoms with Crippen LogP contribution in [0, 0.1) is 5.82 Å². The molecule has 0 unspecified atom stereocenters. The third-order valence-corrected chi connectivity index (χ3v) is 3.53. The van der Waals surface area contributed by atoms with Gasteiger partial charge in [0.2, 0.25) is 0 Å². The lowest BCUT2D eigenvalue weighted by atomic mass is 10.1. The van der Waals surface area contributed by atoms with Gasteiger partial charge in [-0.05, 0) is 37.6 Å². The van der Waals surface area contributed by atoms with Gasteiger partial charge >= 0.3 is 0 Å². The highest BCUT2D eigenvalue weighted by molar-refractivity contribution is 5.25. The Hall–Kier alpha value is -0.930. The molecule has 0 radical (unpaired) electrons. The molecule has 100 valence electrons. The Morgan fingerprint density at radius 2 is 2.11 bits per heavy atom. The van der Waals surface area contributed by atoms with E-state index in [1.165, 1.54) is 18.4 Å². The maximum atomic E-state index is 13.8. The van der Waals surface area contributed by atoms with E-state index in [0.717, 1.165) is 31.7 Å². The van der Waals surface area contributed by atoms with E-state index in [9.17, 15) is 4.39 Å². The minimum absolute atomic E-state index is 0.0747. The maximum absolute atomic E-state index is 13.8. The molecule has 1 N–H and O–H groups in total. The number of rotatable bonds is 7. The van der Waals surface area contributed by atoms with Crippen LogP contribution in [0.4, 0.5) is 4.39 Å². The third kappa shape index (κ3) is 3.53. The molecule has 0 heterocycles. The van der Waals surface area contributed by atoms with Crippen molar-refractivity contribution in [2.75, 3.05) is 13.1 Å². The SMILES string of the molecule is CCNCc1ccc(F)c(CN(CC)C2CC2)c1. The van der Waals surface area contributed by atoms with Crippen LogP contribution >= 0.6 is 0 Å². The van der Waals surface area contributed by atoms with E-state index in [1.807, 2.05) is 12.1 Å². The maximum Gasteiger partial charge on any atom is 0.127 e. The van der Waals surface area contributed by atoms with Crippen LogP contribution in [0.2, 0.25) is 0 Å². The quantitative estimate of drug-likeness (QED) is 0.800. The topological polar surface area (TPSA) is 15.3 Å². The second kappa shape index (κ2) is 6.30. The summed E-state index contributed by atoms with van der Waals surface area (Å²) in [6, 6.07) is 6.16. The van der Waals surface area contributed by atoms with Crippen molar-refractivity contribution in [1.82, 2.24) is 10.2 Å². The molecule has 1 fully saturated rings. The van der Waals surface area contributed by atoms with E-state index in [-0.39, 0.29) is 5.82 Å². The van der Waals surface area contributed by atoms with Crippen molar-refractivity contribution in [2.24, 2.45) is 0 Å². The van der Waals surface area contributed by atoms with Gasteiger partial charge in [0, 0.05) is 24.7 Å². The molecule has 1 aliphatic rings. The predicted molar refractivity (Wildman–Crippen MR) is 72.9 cm³/mol. The molecule has 0 aliphatic heterocycles. The van der Waals surface area contributed by atoms with Gasteiger partial charge in [-0.15, -0.1) is 0 Å². The normalized spacial score (nSPS) is 15.3. The lowest BCUT2D eigenvalue weighted by molar-refractivity contribution is 0.265. The van der Waals surface area contributed by atoms with Crippen LogP contribution < -0.4 is 5.32 Å². The van der Waals surface area contributed by atoms with Gasteiger partial charge in [-0.1, -0.05) is 26.0 Å². The van der Waals surface area contributed by atoms with Crippen molar-refractivity contribution in [1.29, 1.82) is 0 Å². The molecule has 1 saturated carbocycles. The first-order chi connectivity index (χ1) is 8.74. The summed E-state index contributed by atoms with van der Waals surface area (Å²) in [6.07, 6.45) is 2.54. The van der Waals surface area contributed by atoms with Gasteiger partial charge in [0.1, 0.15) is 5.82 Å². The molecule has 0 atom stereocenters. The number of hydrogen-bond acceptors (Lipinski definition) is 2. The molecule has 2 rings (SSSR count). The molecule has 0 amide bonds. The largest absolute Gasteiger partial charge is 0.313 e. The van der Waals surface area contributed by atoms with E-state index in [2.05, 4.69) is 24.1 Å². The molecule has 3 heteroatoms. The Morgan fingerprint density at radius 3 is 2.72 bits per heavy atom. The molecule has 0 saturated heterocycles. The zero-order chi connectivity index (χ0) is 13.0. The van der Waals surface area contributed by atoms with Crippen LogP contribution in [0.5, 0.6) is 0 Å². The van der Waals surface area contributed by atoms with Crippen LogP contribution in [0.15, 0.2) is 18.2 Å². The van der Waals surface area contributed by atoms with Crippen molar-refractivity contribution in [3.05, 3.63) is 35.1 Å². The molecule has 2 nitrogen and oxygen atoms in total. The Bertz CT molecular complexity index is 388. The second-order valence-corrected chi connectivity index (χ2v) is 5.00. The molecule has 1 aliphatic carbocycles. The summed E-state index contributed by atoms with van der Waals surface area (Å²) in [5.74, 6) is -0.0747. The minimum atomic E-state index is -0.0747. The van der Waals surface area contributed by atoms with Gasteiger partial charge in [0.25, 0.3) is 0 Å². The van der Waals surface area contributed by atoms with E-state index in [1.54, 1.807) is 6.07 Å². The van der Waals surface area contributed by atoms with E-state index in [4.69, 9.17) is 0 Å². The highest BCUT2D eigenvalue weighted by Gasteiger charge is 2.28. The van der Waals surface area contributed by atoms with Crippen LogP contribution in [-0.2, 0) is 13.1 Å². The van der Waals surface area contributed by atoms with E-state index in [0.29, 0.717) is 6.04 Å². The van der Waals surface area contributed by atoms with Gasteiger partial charge < -0.3 is 5.32 Å². The standard InChI is InChI=1S/C15H23FN2/c1-3-17-10-12-5-8-15(16)13(9-12)11-18(4-2)14-6-7-14/h5,8-9,14,17H,3-4,6-7,10-11H2,1-2H3. The minimum Gasteiger partial charge on any atom is -0.313 e. The zero-order valence-corrected chi connectivity index (χ0v) is 11.4. The van der Waals surface area contributed by atoms with Crippen molar-refractivity contribution in [3.63, 3.8) is 0 Å². The summed E-state index contributed by atoms with van der Waals surface area (Å²) in [7, 11) is 0. The van der Waals surface area contributed by atoms with Gasteiger partial charge in [0.15, 0.2) is 0 Å². The Labute approximate surface area is 109 Å². The van der Waals surface area contributed by atoms with Crippen molar-refractivity contribution < 1.29 is 4.39 Å². The molecule has 1 aromatic rings. The summed E-state index contributed by atoms with van der Waals surface area (Å²) in [5.41, 5.74) is 2.00. The van der Waals surface area contributed by atoms with Crippen molar-refractivity contribution in [3.8, 4) is 0 Å². The molecular formula is C15H23FN2. The number of nitrogens with one attached hydrogen (secondary N) is 1. The summed E-state index contributed by atoms with van der Waals surface area (Å²) < 4.78 is 13.8. The summed E-state index contributed by atoms with van der Waals surface area (Å²) in [6.45, 7) is 7.73. The van der Waals surface area contributed by atoms with Crippen LogP contribution in [0.25, 0.3) is 0 Å². The number of benzene rings is 1. The fourth-order valence-corrected chi connectivity index (χ4v) is 2.29. The average Bonchev–Trinajstić information content (AvgIpc) is 3.20. The number of hydrogen-bond donors (Lipinski definition) is 1. The lowest BCUT2D eigenvalue weighted by Crippen LogP contribution is -2.25. The van der Waals surface area contributed by atoms with Crippen LogP contribution in [0.1, 0.15) is 37.8 Å². The summed E-state index contributed by atoms with van der Waals surface area (Å²) in [5, 5.41) is 3.28. The highest BCUT2D eigenvalue weighted by Crippen LogP contribution is 2.28. The van der Waals surface area contributed by atoms with Gasteiger partial charge in [-0.2, -0.15) is 0 Å². The molecule has 0 spiro atoms. The monoisotopic (exact) mass is 250 g/mol. The third-order valence-electron chi connectivity index (χ3n) is 3.53. The van der Waals surface area contributed by atoms with Gasteiger partial charge in [-0.25, -0.2) is 4.39 Å². The Balaban J connectivity index is 2.04. The zero-order valence-electron chi connectivity index (χ0n) is 11.4. The predicted octanol–water partition coefficient (Wildman–Crippen LogP) is 2.92. The first-order valence-corrected chi connectivity index (χ1v) is 6.96. The van der Waals surface area contributed by atoms with Gasteiger partial charge in [-0.3, -0.25) is 4.90 Å². The fraction of sp³-hybridized carbons (Fsp3) is 0.600. The molecule has 1 aromatic carbocycles. The molecule has 0 aromatic heterocycles. The molecular weight excluding hydrogens is 227 g/mol. The average molecular weight is 250 g/mol. The Morgan fingerprint density at radius 1 is 1.33 bits per heavy atom. The van der Waals surface area contributed by atoms with Crippen molar-refractivity contribution >= 4 is 0 Å². The summed E-state index contributed by atoms with van der Waals surface area (Å²) >= 11 is 0. The second-order valence-electron chi connectivity index (χ2n) is 5.00. The van der Waals surface area contributed by atoms with Crippen molar-refractivity contribution in [2.45, 2.75) is 45.8 Å². The van der Waals surface area contributed by atoms with Gasteiger partial charge in [0.05, 0.1) is 0 Å². The number of halogens is 1. The molecule has 18 heavy (non-hydrogen) atoms. The first-order valence-electron chi connectivity index (χ1n) is 6.96. The highest BCUT2D eigenvalue weighted by atomic mass is 19.1. The van der Waals surface area contributed by atoms with Crippen LogP contribution in [0.3, 0.4) is 0 Å². The van der Waals surface area contributed by atoms with E-state index < -0.39 is 0 Å². The lowest BCUT2D eigenvalue weighted by Gasteiger charge is -2.20. The van der Waals surface area contributed by atoms with E-state index >= 15 is 0 Å². The first kappa shape index (κ1) is 13.5. The Kier molecular flexibility index (Phi) is 4.72. The smallest absolute Gasteiger partial charge is 0.127 e. The molecule has 0 bridgehead atoms. The summed E-state index contributed by atoms with van der Waals surface area (Å²) in [4.78, 5) is 2.37. The number of nitrogens with zero attached hydrogens (tertiary/aromatic N) is 1.